The zero-order valence-corrected chi connectivity index (χ0v) is 15.4. The Hall–Kier alpha value is -1.94. The highest BCUT2D eigenvalue weighted by molar-refractivity contribution is 7.99. The molecule has 25 heavy (non-hydrogen) atoms. The third-order valence-corrected chi connectivity index (χ3v) is 6.05. The number of rotatable bonds is 5. The van der Waals surface area contributed by atoms with Crippen LogP contribution in [0.15, 0.2) is 53.4 Å². The molecule has 4 rings (SSSR count). The molecular formula is C21H24N2OS. The number of aryl methyl sites for hydroxylation is 1. The summed E-state index contributed by atoms with van der Waals surface area (Å²) in [6, 6.07) is 17.1. The third kappa shape index (κ3) is 3.84. The third-order valence-electron chi connectivity index (χ3n) is 5.01. The lowest BCUT2D eigenvalue weighted by Gasteiger charge is -2.31. The van der Waals surface area contributed by atoms with Crippen molar-refractivity contribution in [1.29, 1.82) is 0 Å². The fourth-order valence-corrected chi connectivity index (χ4v) is 4.51. The van der Waals surface area contributed by atoms with Crippen LogP contribution in [-0.2, 0) is 4.79 Å². The van der Waals surface area contributed by atoms with Gasteiger partial charge in [-0.25, -0.2) is 0 Å². The van der Waals surface area contributed by atoms with E-state index in [0.29, 0.717) is 12.5 Å². The number of para-hydroxylation sites is 1. The Morgan fingerprint density at radius 1 is 1.20 bits per heavy atom. The summed E-state index contributed by atoms with van der Waals surface area (Å²) < 4.78 is 0. The maximum absolute atomic E-state index is 12.7. The minimum atomic E-state index is 0.124. The first-order valence-corrected chi connectivity index (χ1v) is 10.0. The highest BCUT2D eigenvalue weighted by Crippen LogP contribution is 2.41. The number of hydrogen-bond donors (Lipinski definition) is 1. The lowest BCUT2D eigenvalue weighted by molar-refractivity contribution is -0.120. The molecule has 0 spiro atoms. The number of fused-ring (bicyclic) bond motifs is 1. The summed E-state index contributed by atoms with van der Waals surface area (Å²) in [7, 11) is 0. The van der Waals surface area contributed by atoms with Crippen LogP contribution in [0.4, 0.5) is 5.69 Å². The van der Waals surface area contributed by atoms with Crippen molar-refractivity contribution >= 4 is 23.4 Å². The lowest BCUT2D eigenvalue weighted by Crippen LogP contribution is -2.41. The van der Waals surface area contributed by atoms with Crippen LogP contribution in [0.5, 0.6) is 0 Å². The molecule has 4 heteroatoms. The Labute approximate surface area is 153 Å². The van der Waals surface area contributed by atoms with E-state index in [9.17, 15) is 4.79 Å². The monoisotopic (exact) mass is 352 g/mol. The quantitative estimate of drug-likeness (QED) is 0.876. The van der Waals surface area contributed by atoms with Gasteiger partial charge in [0.25, 0.3) is 0 Å². The number of thioether (sulfide) groups is 1. The van der Waals surface area contributed by atoms with E-state index < -0.39 is 0 Å². The van der Waals surface area contributed by atoms with Gasteiger partial charge in [-0.3, -0.25) is 4.79 Å². The number of nitrogens with zero attached hydrogens (tertiary/aromatic N) is 1. The standard InChI is InChI=1S/C21H24N2OS/c1-15-6-8-16(9-7-15)21(17-10-11-17)22-20(24)14-23-12-13-25-19-5-3-2-4-18(19)23/h2-9,17,21H,10-14H2,1H3,(H,22,24)/t21-/m1/s1. The van der Waals surface area contributed by atoms with Gasteiger partial charge in [0.2, 0.25) is 5.91 Å². The van der Waals surface area contributed by atoms with E-state index in [1.165, 1.54) is 34.6 Å². The molecule has 130 valence electrons. The summed E-state index contributed by atoms with van der Waals surface area (Å²) in [4.78, 5) is 16.2. The zero-order chi connectivity index (χ0) is 17.2. The summed E-state index contributed by atoms with van der Waals surface area (Å²) >= 11 is 1.87. The van der Waals surface area contributed by atoms with Crippen LogP contribution in [-0.4, -0.2) is 24.7 Å². The zero-order valence-electron chi connectivity index (χ0n) is 14.6. The van der Waals surface area contributed by atoms with Gasteiger partial charge >= 0.3 is 0 Å². The first kappa shape index (κ1) is 16.5. The second-order valence-corrected chi connectivity index (χ2v) is 8.17. The molecule has 2 aromatic rings. The highest BCUT2D eigenvalue weighted by Gasteiger charge is 2.33. The molecule has 1 aliphatic carbocycles. The van der Waals surface area contributed by atoms with Gasteiger partial charge in [-0.05, 0) is 43.4 Å². The van der Waals surface area contributed by atoms with Gasteiger partial charge in [0, 0.05) is 17.2 Å². The van der Waals surface area contributed by atoms with Gasteiger partial charge in [-0.2, -0.15) is 0 Å². The van der Waals surface area contributed by atoms with Crippen molar-refractivity contribution in [2.45, 2.75) is 30.7 Å². The molecule has 1 heterocycles. The van der Waals surface area contributed by atoms with E-state index >= 15 is 0 Å². The first-order valence-electron chi connectivity index (χ1n) is 9.03. The van der Waals surface area contributed by atoms with E-state index in [2.05, 4.69) is 65.7 Å². The van der Waals surface area contributed by atoms with Crippen LogP contribution in [0, 0.1) is 12.8 Å². The van der Waals surface area contributed by atoms with Gasteiger partial charge in [-0.1, -0.05) is 42.0 Å². The van der Waals surface area contributed by atoms with E-state index in [0.717, 1.165) is 12.3 Å². The summed E-state index contributed by atoms with van der Waals surface area (Å²) in [5.41, 5.74) is 3.68. The number of anilines is 1. The average molecular weight is 353 g/mol. The fourth-order valence-electron chi connectivity index (χ4n) is 3.46. The molecule has 1 atom stereocenters. The molecular weight excluding hydrogens is 328 g/mol. The van der Waals surface area contributed by atoms with Crippen LogP contribution in [0.25, 0.3) is 0 Å². The predicted molar refractivity (Wildman–Crippen MR) is 104 cm³/mol. The SMILES string of the molecule is Cc1ccc([C@@H](NC(=O)CN2CCSc3ccccc32)C2CC2)cc1. The summed E-state index contributed by atoms with van der Waals surface area (Å²) in [5.74, 6) is 1.75. The minimum Gasteiger partial charge on any atom is -0.360 e. The van der Waals surface area contributed by atoms with Crippen molar-refractivity contribution in [2.24, 2.45) is 5.92 Å². The molecule has 1 saturated carbocycles. The summed E-state index contributed by atoms with van der Waals surface area (Å²) in [6.45, 7) is 3.46. The van der Waals surface area contributed by atoms with Crippen molar-refractivity contribution < 1.29 is 4.79 Å². The largest absolute Gasteiger partial charge is 0.360 e. The molecule has 0 unspecified atom stereocenters. The second-order valence-electron chi connectivity index (χ2n) is 7.03. The molecule has 0 aromatic heterocycles. The van der Waals surface area contributed by atoms with E-state index in [4.69, 9.17) is 0 Å². The van der Waals surface area contributed by atoms with Gasteiger partial charge in [-0.15, -0.1) is 11.8 Å². The van der Waals surface area contributed by atoms with Crippen molar-refractivity contribution in [3.05, 3.63) is 59.7 Å². The summed E-state index contributed by atoms with van der Waals surface area (Å²) in [6.07, 6.45) is 2.42. The van der Waals surface area contributed by atoms with E-state index in [1.807, 2.05) is 11.8 Å². The number of carbonyl (C=O) groups is 1. The molecule has 0 saturated heterocycles. The predicted octanol–water partition coefficient (Wildman–Crippen LogP) is 4.17. The van der Waals surface area contributed by atoms with Gasteiger partial charge in [0.15, 0.2) is 0 Å². The van der Waals surface area contributed by atoms with Crippen LogP contribution in [0.2, 0.25) is 0 Å². The van der Waals surface area contributed by atoms with Crippen LogP contribution in [0.3, 0.4) is 0 Å². The van der Waals surface area contributed by atoms with Crippen LogP contribution < -0.4 is 10.2 Å². The topological polar surface area (TPSA) is 32.3 Å². The number of hydrogen-bond acceptors (Lipinski definition) is 3. The maximum Gasteiger partial charge on any atom is 0.240 e. The average Bonchev–Trinajstić information content (AvgIpc) is 3.46. The number of amides is 1. The smallest absolute Gasteiger partial charge is 0.240 e. The number of nitrogens with one attached hydrogen (secondary N) is 1. The normalized spacial score (nSPS) is 17.7. The van der Waals surface area contributed by atoms with Crippen LogP contribution >= 0.6 is 11.8 Å². The van der Waals surface area contributed by atoms with Crippen molar-refractivity contribution in [1.82, 2.24) is 5.32 Å². The Morgan fingerprint density at radius 3 is 2.72 bits per heavy atom. The Balaban J connectivity index is 1.45. The second kappa shape index (κ2) is 7.12. The van der Waals surface area contributed by atoms with E-state index in [-0.39, 0.29) is 11.9 Å². The minimum absolute atomic E-state index is 0.124. The molecule has 2 aromatic carbocycles. The van der Waals surface area contributed by atoms with Gasteiger partial charge < -0.3 is 10.2 Å². The van der Waals surface area contributed by atoms with Crippen LogP contribution in [0.1, 0.15) is 30.0 Å². The van der Waals surface area contributed by atoms with Crippen molar-refractivity contribution in [3.63, 3.8) is 0 Å². The fraction of sp³-hybridized carbons (Fsp3) is 0.381. The number of benzene rings is 2. The van der Waals surface area contributed by atoms with E-state index in [1.54, 1.807) is 0 Å². The molecule has 1 fully saturated rings. The molecule has 0 radical (unpaired) electrons. The molecule has 2 aliphatic rings. The Morgan fingerprint density at radius 2 is 1.96 bits per heavy atom. The van der Waals surface area contributed by atoms with Crippen molar-refractivity contribution in [2.75, 3.05) is 23.7 Å². The molecule has 3 nitrogen and oxygen atoms in total. The highest BCUT2D eigenvalue weighted by atomic mass is 32.2. The summed E-state index contributed by atoms with van der Waals surface area (Å²) in [5, 5.41) is 3.31. The first-order chi connectivity index (χ1) is 12.2. The van der Waals surface area contributed by atoms with Crippen molar-refractivity contribution in [3.8, 4) is 0 Å². The molecule has 1 aliphatic heterocycles. The lowest BCUT2D eigenvalue weighted by atomic mass is 10.0. The van der Waals surface area contributed by atoms with Gasteiger partial charge in [0.05, 0.1) is 18.3 Å². The number of carbonyl (C=O) groups excluding carboxylic acids is 1. The Bertz CT molecular complexity index is 755. The molecule has 1 N–H and O–H groups in total. The van der Waals surface area contributed by atoms with Gasteiger partial charge in [0.1, 0.15) is 0 Å². The Kier molecular flexibility index (Phi) is 4.71. The maximum atomic E-state index is 12.7. The molecule has 1 amide bonds. The molecule has 0 bridgehead atoms.